The van der Waals surface area contributed by atoms with Crippen LogP contribution in [0.15, 0.2) is 59.5 Å². The van der Waals surface area contributed by atoms with Gasteiger partial charge in [-0.1, -0.05) is 48.7 Å². The van der Waals surface area contributed by atoms with E-state index in [2.05, 4.69) is 27.8 Å². The topological polar surface area (TPSA) is 88.5 Å². The third-order valence-electron chi connectivity index (χ3n) is 7.09. The molecule has 2 aromatic heterocycles. The van der Waals surface area contributed by atoms with Gasteiger partial charge in [0.05, 0.1) is 36.6 Å². The number of rotatable bonds is 9. The molecule has 0 unspecified atom stereocenters. The summed E-state index contributed by atoms with van der Waals surface area (Å²) in [6.07, 6.45) is 2.02. The van der Waals surface area contributed by atoms with Crippen molar-refractivity contribution in [3.63, 3.8) is 0 Å². The van der Waals surface area contributed by atoms with Gasteiger partial charge in [-0.25, -0.2) is 9.37 Å². The quantitative estimate of drug-likeness (QED) is 0.228. The van der Waals surface area contributed by atoms with Crippen molar-refractivity contribution in [3.05, 3.63) is 66.2 Å². The smallest absolute Gasteiger partial charge is 0.233 e. The summed E-state index contributed by atoms with van der Waals surface area (Å²) < 4.78 is 27.1. The molecule has 12 heteroatoms. The van der Waals surface area contributed by atoms with E-state index < -0.39 is 5.83 Å². The van der Waals surface area contributed by atoms with E-state index in [4.69, 9.17) is 29.4 Å². The molecule has 0 aliphatic carbocycles. The Hall–Kier alpha value is -3.58. The van der Waals surface area contributed by atoms with Crippen LogP contribution in [0.25, 0.3) is 21.6 Å². The van der Waals surface area contributed by atoms with Gasteiger partial charge < -0.3 is 24.6 Å². The Morgan fingerprint density at radius 2 is 1.60 bits per heavy atom. The molecule has 0 atom stereocenters. The highest BCUT2D eigenvalue weighted by molar-refractivity contribution is 8.01. The molecule has 4 aromatic rings. The number of thiazole rings is 1. The zero-order valence-corrected chi connectivity index (χ0v) is 25.0. The summed E-state index contributed by atoms with van der Waals surface area (Å²) in [4.78, 5) is 23.4. The first-order chi connectivity index (χ1) is 20.6. The summed E-state index contributed by atoms with van der Waals surface area (Å²) >= 11 is 3.27. The SMILES string of the molecule is C=C(F)c1ccccc1/C(=C\C)CSc1nc2ccc(Nc3nc(N4CCOCC4)nc(N4CCOCC4)n3)cc2s1. The van der Waals surface area contributed by atoms with Crippen LogP contribution in [0.4, 0.5) is 27.9 Å². The van der Waals surface area contributed by atoms with Crippen LogP contribution in [0.2, 0.25) is 0 Å². The molecule has 2 aromatic carbocycles. The summed E-state index contributed by atoms with van der Waals surface area (Å²) in [6, 6.07) is 13.5. The van der Waals surface area contributed by atoms with Gasteiger partial charge in [0.25, 0.3) is 0 Å². The van der Waals surface area contributed by atoms with Crippen molar-refractivity contribution < 1.29 is 13.9 Å². The van der Waals surface area contributed by atoms with E-state index >= 15 is 0 Å². The lowest BCUT2D eigenvalue weighted by atomic mass is 10.0. The number of fused-ring (bicyclic) bond motifs is 1. The molecule has 6 rings (SSSR count). The lowest BCUT2D eigenvalue weighted by molar-refractivity contribution is 0.121. The number of aromatic nitrogens is 4. The minimum Gasteiger partial charge on any atom is -0.378 e. The van der Waals surface area contributed by atoms with E-state index in [0.29, 0.717) is 55.6 Å². The molecule has 0 bridgehead atoms. The number of thioether (sulfide) groups is 1. The summed E-state index contributed by atoms with van der Waals surface area (Å²) in [5.41, 5.74) is 4.22. The highest BCUT2D eigenvalue weighted by Gasteiger charge is 2.21. The van der Waals surface area contributed by atoms with Crippen molar-refractivity contribution in [2.45, 2.75) is 11.3 Å². The van der Waals surface area contributed by atoms with Crippen molar-refractivity contribution in [1.82, 2.24) is 19.9 Å². The Morgan fingerprint density at radius 1 is 0.952 bits per heavy atom. The number of hydrogen-bond acceptors (Lipinski definition) is 11. The first kappa shape index (κ1) is 28.5. The van der Waals surface area contributed by atoms with Crippen molar-refractivity contribution in [3.8, 4) is 0 Å². The maximum absolute atomic E-state index is 14.0. The first-order valence-electron chi connectivity index (χ1n) is 13.9. The molecule has 9 nitrogen and oxygen atoms in total. The molecule has 0 spiro atoms. The average Bonchev–Trinajstić information content (AvgIpc) is 3.44. The van der Waals surface area contributed by atoms with Crippen LogP contribution < -0.4 is 15.1 Å². The number of allylic oxidation sites excluding steroid dienone is 1. The van der Waals surface area contributed by atoms with Crippen molar-refractivity contribution in [2.24, 2.45) is 0 Å². The molecule has 4 heterocycles. The molecule has 2 aliphatic heterocycles. The fourth-order valence-electron chi connectivity index (χ4n) is 4.85. The molecule has 1 N–H and O–H groups in total. The van der Waals surface area contributed by atoms with Crippen molar-refractivity contribution in [2.75, 3.05) is 73.5 Å². The predicted molar refractivity (Wildman–Crippen MR) is 170 cm³/mol. The molecule has 0 saturated carbocycles. The predicted octanol–water partition coefficient (Wildman–Crippen LogP) is 6.03. The van der Waals surface area contributed by atoms with Crippen LogP contribution in [0.5, 0.6) is 0 Å². The maximum Gasteiger partial charge on any atom is 0.233 e. The van der Waals surface area contributed by atoms with E-state index in [1.165, 1.54) is 0 Å². The minimum atomic E-state index is -0.428. The molecule has 218 valence electrons. The second-order valence-electron chi connectivity index (χ2n) is 9.80. The monoisotopic (exact) mass is 605 g/mol. The molecule has 0 amide bonds. The molecule has 0 radical (unpaired) electrons. The fourth-order valence-corrected chi connectivity index (χ4v) is 7.03. The van der Waals surface area contributed by atoms with E-state index in [9.17, 15) is 4.39 Å². The van der Waals surface area contributed by atoms with E-state index in [1.807, 2.05) is 43.3 Å². The Balaban J connectivity index is 1.20. The Kier molecular flexibility index (Phi) is 8.94. The standard InChI is InChI=1S/C30H32FN7O2S2/c1-3-21(24-7-5-4-6-23(24)20(2)31)19-41-30-33-25-9-8-22(18-26(25)42-30)32-27-34-28(37-10-14-39-15-11-37)36-29(35-27)38-12-16-40-17-13-38/h3-9,18H,2,10-17,19H2,1H3,(H,32,34,35,36)/b21-3-. The second kappa shape index (κ2) is 13.2. The van der Waals surface area contributed by atoms with Gasteiger partial charge in [-0.3, -0.25) is 0 Å². The summed E-state index contributed by atoms with van der Waals surface area (Å²) in [5, 5.41) is 3.40. The van der Waals surface area contributed by atoms with Gasteiger partial charge in [0.1, 0.15) is 5.83 Å². The minimum absolute atomic E-state index is 0.428. The van der Waals surface area contributed by atoms with Crippen LogP contribution in [0, 0.1) is 0 Å². The number of halogens is 1. The number of hydrogen-bond donors (Lipinski definition) is 1. The van der Waals surface area contributed by atoms with Crippen LogP contribution >= 0.6 is 23.1 Å². The molecular weight excluding hydrogens is 574 g/mol. The Bertz CT molecular complexity index is 1560. The highest BCUT2D eigenvalue weighted by Crippen LogP contribution is 2.35. The van der Waals surface area contributed by atoms with Crippen molar-refractivity contribution in [1.29, 1.82) is 0 Å². The van der Waals surface area contributed by atoms with Gasteiger partial charge in [-0.15, -0.1) is 11.3 Å². The van der Waals surface area contributed by atoms with Gasteiger partial charge in [0, 0.05) is 43.2 Å². The maximum atomic E-state index is 14.0. The summed E-state index contributed by atoms with van der Waals surface area (Å²) in [5.74, 6) is 2.03. The van der Waals surface area contributed by atoms with Gasteiger partial charge in [-0.2, -0.15) is 15.0 Å². The summed E-state index contributed by atoms with van der Waals surface area (Å²) in [6.45, 7) is 11.0. The summed E-state index contributed by atoms with van der Waals surface area (Å²) in [7, 11) is 0. The molecule has 2 fully saturated rings. The van der Waals surface area contributed by atoms with E-state index in [-0.39, 0.29) is 0 Å². The number of morpholine rings is 2. The van der Waals surface area contributed by atoms with Gasteiger partial charge >= 0.3 is 0 Å². The number of ether oxygens (including phenoxy) is 2. The molecule has 2 aliphatic rings. The lowest BCUT2D eigenvalue weighted by Gasteiger charge is -2.30. The van der Waals surface area contributed by atoms with Crippen LogP contribution in [-0.2, 0) is 9.47 Å². The van der Waals surface area contributed by atoms with Gasteiger partial charge in [0.2, 0.25) is 17.8 Å². The van der Waals surface area contributed by atoms with Crippen LogP contribution in [-0.4, -0.2) is 78.3 Å². The number of benzene rings is 2. The zero-order chi connectivity index (χ0) is 28.9. The van der Waals surface area contributed by atoms with Gasteiger partial charge in [-0.05, 0) is 36.3 Å². The number of anilines is 4. The third-order valence-corrected chi connectivity index (χ3v) is 9.30. The molecule has 2 saturated heterocycles. The van der Waals surface area contributed by atoms with Gasteiger partial charge in [0.15, 0.2) is 4.34 Å². The second-order valence-corrected chi connectivity index (χ2v) is 12.1. The molecule has 42 heavy (non-hydrogen) atoms. The number of nitrogens with one attached hydrogen (secondary N) is 1. The largest absolute Gasteiger partial charge is 0.378 e. The van der Waals surface area contributed by atoms with Crippen LogP contribution in [0.1, 0.15) is 18.1 Å². The van der Waals surface area contributed by atoms with Crippen LogP contribution in [0.3, 0.4) is 0 Å². The average molecular weight is 606 g/mol. The van der Waals surface area contributed by atoms with E-state index in [1.54, 1.807) is 29.2 Å². The van der Waals surface area contributed by atoms with Crippen molar-refractivity contribution >= 4 is 68.2 Å². The molecular formula is C30H32FN7O2S2. The Labute approximate surface area is 252 Å². The number of nitrogens with zero attached hydrogens (tertiary/aromatic N) is 6. The third kappa shape index (κ3) is 6.57. The van der Waals surface area contributed by atoms with E-state index in [0.717, 1.165) is 57.6 Å². The first-order valence-corrected chi connectivity index (χ1v) is 15.7. The fraction of sp³-hybridized carbons (Fsp3) is 0.333. The lowest BCUT2D eigenvalue weighted by Crippen LogP contribution is -2.40. The zero-order valence-electron chi connectivity index (χ0n) is 23.4. The Morgan fingerprint density at radius 3 is 2.21 bits per heavy atom. The normalized spacial score (nSPS) is 16.2. The highest BCUT2D eigenvalue weighted by atomic mass is 32.2.